The van der Waals surface area contributed by atoms with E-state index in [0.717, 1.165) is 83.5 Å². The Bertz CT molecular complexity index is 1420. The van der Waals surface area contributed by atoms with Gasteiger partial charge in [-0.2, -0.15) is 0 Å². The van der Waals surface area contributed by atoms with Crippen molar-refractivity contribution in [3.05, 3.63) is 97.2 Å². The van der Waals surface area contributed by atoms with Gasteiger partial charge in [0.15, 0.2) is 6.29 Å². The minimum atomic E-state index is -1.57. The van der Waals surface area contributed by atoms with E-state index in [9.17, 15) is 30.3 Å². The van der Waals surface area contributed by atoms with Gasteiger partial charge in [0.1, 0.15) is 24.4 Å². The number of ether oxygens (including phenoxy) is 2. The van der Waals surface area contributed by atoms with E-state index >= 15 is 0 Å². The van der Waals surface area contributed by atoms with E-state index in [0.29, 0.717) is 19.3 Å². The lowest BCUT2D eigenvalue weighted by Crippen LogP contribution is -2.60. The second-order valence-electron chi connectivity index (χ2n) is 19.4. The van der Waals surface area contributed by atoms with E-state index in [1.807, 2.05) is 0 Å². The summed E-state index contributed by atoms with van der Waals surface area (Å²) in [6, 6.07) is -0.750. The Morgan fingerprint density at radius 2 is 0.886 bits per heavy atom. The largest absolute Gasteiger partial charge is 0.394 e. The van der Waals surface area contributed by atoms with Crippen LogP contribution in [0, 0.1) is 0 Å². The molecule has 1 heterocycles. The number of nitrogens with one attached hydrogen (secondary N) is 1. The number of hydrogen-bond donors (Lipinski definition) is 6. The van der Waals surface area contributed by atoms with Crippen molar-refractivity contribution in [2.75, 3.05) is 13.2 Å². The van der Waals surface area contributed by atoms with Crippen molar-refractivity contribution in [2.45, 2.75) is 269 Å². The van der Waals surface area contributed by atoms with Crippen LogP contribution in [0.15, 0.2) is 97.2 Å². The summed E-state index contributed by atoms with van der Waals surface area (Å²) in [4.78, 5) is 13.1. The van der Waals surface area contributed by atoms with E-state index in [4.69, 9.17) is 9.47 Å². The zero-order chi connectivity index (χ0) is 50.8. The van der Waals surface area contributed by atoms with E-state index in [1.165, 1.54) is 109 Å². The molecule has 1 amide bonds. The number of hydrogen-bond acceptors (Lipinski definition) is 8. The molecule has 9 heteroatoms. The Kier molecular flexibility index (Phi) is 46.2. The second-order valence-corrected chi connectivity index (χ2v) is 19.4. The van der Waals surface area contributed by atoms with Crippen LogP contribution in [0.4, 0.5) is 0 Å². The van der Waals surface area contributed by atoms with Gasteiger partial charge in [0.25, 0.3) is 0 Å². The Morgan fingerprint density at radius 3 is 1.29 bits per heavy atom. The number of aliphatic hydroxyl groups is 5. The van der Waals surface area contributed by atoms with Crippen molar-refractivity contribution >= 4 is 5.91 Å². The Hall–Kier alpha value is -2.89. The Labute approximate surface area is 428 Å². The smallest absolute Gasteiger partial charge is 0.220 e. The van der Waals surface area contributed by atoms with E-state index in [2.05, 4.69) is 116 Å². The lowest BCUT2D eigenvalue weighted by atomic mass is 9.99. The van der Waals surface area contributed by atoms with Gasteiger partial charge < -0.3 is 40.3 Å². The highest BCUT2D eigenvalue weighted by atomic mass is 16.7. The molecule has 0 aromatic rings. The Balaban J connectivity index is 2.28. The van der Waals surface area contributed by atoms with E-state index < -0.39 is 49.5 Å². The minimum Gasteiger partial charge on any atom is -0.394 e. The van der Waals surface area contributed by atoms with Crippen molar-refractivity contribution in [1.29, 1.82) is 0 Å². The SMILES string of the molecule is CC/C=C\C/C=C\C/C=C\C/C=C\C/C=C\C/C=C\C/C=C\C/C=C\CCCCC(=O)NC(COC1OC(CO)C(O)C(O)C1O)C(O)CCCCCCCCCCCCCCCCCCCCCC. The molecule has 1 aliphatic rings. The molecule has 0 aliphatic carbocycles. The lowest BCUT2D eigenvalue weighted by molar-refractivity contribution is -0.302. The maximum absolute atomic E-state index is 13.1. The number of aliphatic hydroxyl groups excluding tert-OH is 5. The monoisotopic (exact) mass is 980 g/mol. The molecule has 70 heavy (non-hydrogen) atoms. The summed E-state index contributed by atoms with van der Waals surface area (Å²) in [6.07, 6.45) is 64.2. The van der Waals surface area contributed by atoms with Crippen LogP contribution in [0.25, 0.3) is 0 Å². The molecule has 0 aromatic heterocycles. The van der Waals surface area contributed by atoms with Gasteiger partial charge in [0, 0.05) is 6.42 Å². The highest BCUT2D eigenvalue weighted by Crippen LogP contribution is 2.23. The van der Waals surface area contributed by atoms with Crippen LogP contribution >= 0.6 is 0 Å². The van der Waals surface area contributed by atoms with E-state index in [-0.39, 0.29) is 12.5 Å². The second kappa shape index (κ2) is 49.7. The number of rotatable bonds is 47. The molecule has 7 unspecified atom stereocenters. The summed E-state index contributed by atoms with van der Waals surface area (Å²) in [5, 5.41) is 54.6. The molecule has 0 saturated carbocycles. The van der Waals surface area contributed by atoms with Crippen LogP contribution in [-0.4, -0.2) is 87.5 Å². The topological polar surface area (TPSA) is 149 Å². The van der Waals surface area contributed by atoms with Crippen molar-refractivity contribution in [2.24, 2.45) is 0 Å². The number of allylic oxidation sites excluding steroid dienone is 16. The molecule has 6 N–H and O–H groups in total. The van der Waals surface area contributed by atoms with Gasteiger partial charge in [-0.05, 0) is 77.0 Å². The highest BCUT2D eigenvalue weighted by Gasteiger charge is 2.44. The molecule has 0 aromatic carbocycles. The van der Waals surface area contributed by atoms with Crippen molar-refractivity contribution in [3.63, 3.8) is 0 Å². The summed E-state index contributed by atoms with van der Waals surface area (Å²) in [5.74, 6) is -0.189. The fourth-order valence-electron chi connectivity index (χ4n) is 8.47. The minimum absolute atomic E-state index is 0.162. The average molecular weight is 981 g/mol. The predicted octanol–water partition coefficient (Wildman–Crippen LogP) is 14.0. The number of carbonyl (C=O) groups excluding carboxylic acids is 1. The molecule has 0 spiro atoms. The molecule has 0 bridgehead atoms. The third kappa shape index (κ3) is 38.7. The number of amides is 1. The van der Waals surface area contributed by atoms with Crippen molar-refractivity contribution in [3.8, 4) is 0 Å². The Morgan fingerprint density at radius 1 is 0.500 bits per heavy atom. The summed E-state index contributed by atoms with van der Waals surface area (Å²) >= 11 is 0. The first kappa shape index (κ1) is 65.1. The van der Waals surface area contributed by atoms with Crippen LogP contribution in [-0.2, 0) is 14.3 Å². The summed E-state index contributed by atoms with van der Waals surface area (Å²) in [5.41, 5.74) is 0. The molecule has 7 atom stereocenters. The van der Waals surface area contributed by atoms with Crippen LogP contribution in [0.2, 0.25) is 0 Å². The molecule has 1 saturated heterocycles. The van der Waals surface area contributed by atoms with Gasteiger partial charge in [0.05, 0.1) is 25.4 Å². The average Bonchev–Trinajstić information content (AvgIpc) is 3.36. The normalized spacial score (nSPS) is 20.1. The molecule has 1 fully saturated rings. The predicted molar refractivity (Wildman–Crippen MR) is 294 cm³/mol. The number of unbranched alkanes of at least 4 members (excludes halogenated alkanes) is 21. The highest BCUT2D eigenvalue weighted by molar-refractivity contribution is 5.76. The molecular weight excluding hydrogens is 875 g/mol. The fourth-order valence-corrected chi connectivity index (χ4v) is 8.47. The van der Waals surface area contributed by atoms with Gasteiger partial charge in [0.2, 0.25) is 5.91 Å². The lowest BCUT2D eigenvalue weighted by Gasteiger charge is -2.40. The van der Waals surface area contributed by atoms with Gasteiger partial charge >= 0.3 is 0 Å². The maximum Gasteiger partial charge on any atom is 0.220 e. The molecule has 402 valence electrons. The molecule has 1 rings (SSSR count). The summed E-state index contributed by atoms with van der Waals surface area (Å²) in [6.45, 7) is 3.70. The standard InChI is InChI=1S/C61H105NO8/c1-3-5-7-9-11-13-15-17-19-21-23-25-26-27-28-29-30-31-33-35-37-39-41-43-45-47-49-51-57(65)62-54(53-69-61-60(68)59(67)58(66)56(52-63)70-61)55(64)50-48-46-44-42-40-38-36-34-32-24-22-20-18-16-14-12-10-8-6-4-2/h5,7,11,13,17,19,23,25,27-28,30-31,35,37,41,43,54-56,58-61,63-64,66-68H,3-4,6,8-10,12,14-16,18,20-22,24,26,29,32-34,36,38-40,42,44-53H2,1-2H3,(H,62,65)/b7-5-,13-11-,19-17-,25-23-,28-27-,31-30-,37-35-,43-41-. The molecule has 9 nitrogen and oxygen atoms in total. The van der Waals surface area contributed by atoms with Crippen molar-refractivity contribution < 1.29 is 39.8 Å². The first-order valence-corrected chi connectivity index (χ1v) is 28.4. The van der Waals surface area contributed by atoms with Crippen LogP contribution in [0.1, 0.15) is 226 Å². The maximum atomic E-state index is 13.1. The zero-order valence-corrected chi connectivity index (χ0v) is 44.5. The third-order valence-electron chi connectivity index (χ3n) is 13.0. The number of carbonyl (C=O) groups is 1. The molecule has 0 radical (unpaired) electrons. The first-order chi connectivity index (χ1) is 34.3. The summed E-state index contributed by atoms with van der Waals surface area (Å²) in [7, 11) is 0. The first-order valence-electron chi connectivity index (χ1n) is 28.4. The van der Waals surface area contributed by atoms with Crippen molar-refractivity contribution in [1.82, 2.24) is 5.32 Å². The quantitative estimate of drug-likeness (QED) is 0.0261. The zero-order valence-electron chi connectivity index (χ0n) is 44.5. The molecule has 1 aliphatic heterocycles. The summed E-state index contributed by atoms with van der Waals surface area (Å²) < 4.78 is 11.3. The fraction of sp³-hybridized carbons (Fsp3) is 0.721. The van der Waals surface area contributed by atoms with Crippen LogP contribution in [0.5, 0.6) is 0 Å². The molecular formula is C61H105NO8. The van der Waals surface area contributed by atoms with Gasteiger partial charge in [-0.1, -0.05) is 239 Å². The van der Waals surface area contributed by atoms with Gasteiger partial charge in [-0.25, -0.2) is 0 Å². The van der Waals surface area contributed by atoms with E-state index in [1.54, 1.807) is 0 Å². The van der Waals surface area contributed by atoms with Gasteiger partial charge in [-0.15, -0.1) is 0 Å². The van der Waals surface area contributed by atoms with Gasteiger partial charge in [-0.3, -0.25) is 4.79 Å². The van der Waals surface area contributed by atoms with Crippen LogP contribution < -0.4 is 5.32 Å². The third-order valence-corrected chi connectivity index (χ3v) is 13.0. The van der Waals surface area contributed by atoms with Crippen LogP contribution in [0.3, 0.4) is 0 Å².